The van der Waals surface area contributed by atoms with E-state index in [1.54, 1.807) is 0 Å². The first-order valence-electron chi connectivity index (χ1n) is 31.1. The zero-order valence-corrected chi connectivity index (χ0v) is 48.1. The largest absolute Gasteiger partial charge is 0.462 e. The molecule has 0 amide bonds. The maximum absolute atomic E-state index is 12.8. The summed E-state index contributed by atoms with van der Waals surface area (Å²) in [6.45, 7) is 6.45. The quantitative estimate of drug-likeness (QED) is 0.0261. The van der Waals surface area contributed by atoms with E-state index < -0.39 is 6.10 Å². The highest BCUT2D eigenvalue weighted by molar-refractivity contribution is 5.71. The number of rotatable bonds is 56. The first-order valence-corrected chi connectivity index (χ1v) is 31.1. The summed E-state index contributed by atoms with van der Waals surface area (Å²) in [6, 6.07) is 0. The molecule has 0 aromatic carbocycles. The van der Waals surface area contributed by atoms with Crippen molar-refractivity contribution in [3.8, 4) is 0 Å². The summed E-state index contributed by atoms with van der Waals surface area (Å²) < 4.78 is 16.8. The fourth-order valence-corrected chi connectivity index (χ4v) is 8.74. The molecule has 6 nitrogen and oxygen atoms in total. The summed E-state index contributed by atoms with van der Waals surface area (Å²) in [5.41, 5.74) is 0. The Balaban J connectivity index is 4.06. The molecule has 6 heteroatoms. The molecule has 0 radical (unpaired) electrons. The lowest BCUT2D eigenvalue weighted by molar-refractivity contribution is -0.167. The zero-order chi connectivity index (χ0) is 52.9. The van der Waals surface area contributed by atoms with Gasteiger partial charge < -0.3 is 14.2 Å². The number of hydrogen-bond acceptors (Lipinski definition) is 6. The van der Waals surface area contributed by atoms with E-state index in [9.17, 15) is 14.4 Å². The molecule has 0 heterocycles. The predicted molar refractivity (Wildman–Crippen MR) is 316 cm³/mol. The highest BCUT2D eigenvalue weighted by atomic mass is 16.6. The number of carbonyl (C=O) groups excluding carboxylic acids is 3. The molecule has 0 aliphatic heterocycles. The Bertz CT molecular complexity index is 1400. The molecule has 73 heavy (non-hydrogen) atoms. The molecule has 0 aromatic heterocycles. The number of unbranched alkanes of at least 4 members (excludes halogenated alkanes) is 31. The minimum absolute atomic E-state index is 0.0778. The molecular weight excluding hydrogens is 901 g/mol. The van der Waals surface area contributed by atoms with Crippen molar-refractivity contribution in [1.82, 2.24) is 0 Å². The molecule has 1 unspecified atom stereocenters. The molecule has 0 aliphatic rings. The second-order valence-corrected chi connectivity index (χ2v) is 20.6. The summed E-state index contributed by atoms with van der Waals surface area (Å²) in [6.07, 6.45) is 80.6. The Kier molecular flexibility index (Phi) is 58.3. The molecule has 0 spiro atoms. The minimum Gasteiger partial charge on any atom is -0.462 e. The second-order valence-electron chi connectivity index (χ2n) is 20.6. The highest BCUT2D eigenvalue weighted by Crippen LogP contribution is 2.16. The van der Waals surface area contributed by atoms with Crippen molar-refractivity contribution >= 4 is 17.9 Å². The van der Waals surface area contributed by atoms with Gasteiger partial charge >= 0.3 is 17.9 Å². The van der Waals surface area contributed by atoms with Crippen molar-refractivity contribution in [2.24, 2.45) is 0 Å². The Labute approximate surface area is 452 Å². The molecule has 0 aromatic rings. The standard InChI is InChI=1S/C67H116O6/c1-4-7-10-13-15-17-19-21-23-25-27-29-31-33-35-37-39-41-43-45-47-49-51-54-57-60-66(69)72-63-64(62-71-65(68)59-56-53-12-9-6-3)73-67(70)61-58-55-52-50-48-46-44-42-40-38-36-34-32-30-28-26-24-22-20-18-16-14-11-8-5-2/h7,10,15,17,20-23,26-29,32,34,64H,4-6,8-9,11-14,16,18-19,24-25,30-31,33,35-63H2,1-3H3/b10-7-,17-15-,22-20-,23-21-,28-26-,29-27-,34-32-. The first-order chi connectivity index (χ1) is 36.0. The van der Waals surface area contributed by atoms with E-state index >= 15 is 0 Å². The van der Waals surface area contributed by atoms with Crippen molar-refractivity contribution in [3.63, 3.8) is 0 Å². The van der Waals surface area contributed by atoms with Crippen LogP contribution in [0.4, 0.5) is 0 Å². The first kappa shape index (κ1) is 69.6. The molecule has 0 fully saturated rings. The van der Waals surface area contributed by atoms with Gasteiger partial charge in [0.1, 0.15) is 13.2 Å². The van der Waals surface area contributed by atoms with Crippen LogP contribution in [0.5, 0.6) is 0 Å². The van der Waals surface area contributed by atoms with Crippen LogP contribution in [-0.2, 0) is 28.6 Å². The third-order valence-corrected chi connectivity index (χ3v) is 13.4. The van der Waals surface area contributed by atoms with Crippen LogP contribution >= 0.6 is 0 Å². The van der Waals surface area contributed by atoms with Gasteiger partial charge in [-0.25, -0.2) is 0 Å². The van der Waals surface area contributed by atoms with E-state index in [0.29, 0.717) is 19.3 Å². The lowest BCUT2D eigenvalue weighted by atomic mass is 10.0. The fraction of sp³-hybridized carbons (Fsp3) is 0.746. The maximum Gasteiger partial charge on any atom is 0.306 e. The van der Waals surface area contributed by atoms with Crippen LogP contribution in [0.25, 0.3) is 0 Å². The Morgan fingerprint density at radius 3 is 0.836 bits per heavy atom. The van der Waals surface area contributed by atoms with Crippen molar-refractivity contribution < 1.29 is 28.6 Å². The molecule has 0 saturated heterocycles. The normalized spacial score (nSPS) is 12.6. The maximum atomic E-state index is 12.8. The van der Waals surface area contributed by atoms with Gasteiger partial charge in [0.15, 0.2) is 6.10 Å². The van der Waals surface area contributed by atoms with Gasteiger partial charge in [0, 0.05) is 19.3 Å². The third kappa shape index (κ3) is 59.3. The van der Waals surface area contributed by atoms with Crippen molar-refractivity contribution in [3.05, 3.63) is 85.1 Å². The van der Waals surface area contributed by atoms with Gasteiger partial charge in [-0.1, -0.05) is 273 Å². The lowest BCUT2D eigenvalue weighted by Crippen LogP contribution is -2.30. The molecule has 1 atom stereocenters. The smallest absolute Gasteiger partial charge is 0.306 e. The van der Waals surface area contributed by atoms with Gasteiger partial charge in [0.2, 0.25) is 0 Å². The van der Waals surface area contributed by atoms with Crippen LogP contribution in [-0.4, -0.2) is 37.2 Å². The molecule has 0 N–H and O–H groups in total. The highest BCUT2D eigenvalue weighted by Gasteiger charge is 2.19. The Morgan fingerprint density at radius 1 is 0.288 bits per heavy atom. The van der Waals surface area contributed by atoms with E-state index in [0.717, 1.165) is 103 Å². The summed E-state index contributed by atoms with van der Waals surface area (Å²) >= 11 is 0. The van der Waals surface area contributed by atoms with Crippen LogP contribution in [0.3, 0.4) is 0 Å². The summed E-state index contributed by atoms with van der Waals surface area (Å²) in [7, 11) is 0. The van der Waals surface area contributed by atoms with Crippen LogP contribution in [0.2, 0.25) is 0 Å². The van der Waals surface area contributed by atoms with Crippen LogP contribution in [0, 0.1) is 0 Å². The number of esters is 3. The van der Waals surface area contributed by atoms with Crippen molar-refractivity contribution in [2.75, 3.05) is 13.2 Å². The Morgan fingerprint density at radius 2 is 0.534 bits per heavy atom. The van der Waals surface area contributed by atoms with E-state index in [1.165, 1.54) is 161 Å². The molecular formula is C67H116O6. The van der Waals surface area contributed by atoms with Gasteiger partial charge in [-0.15, -0.1) is 0 Å². The summed E-state index contributed by atoms with van der Waals surface area (Å²) in [5, 5.41) is 0. The molecule has 0 rings (SSSR count). The predicted octanol–water partition coefficient (Wildman–Crippen LogP) is 21.1. The average Bonchev–Trinajstić information content (AvgIpc) is 3.39. The fourth-order valence-electron chi connectivity index (χ4n) is 8.74. The van der Waals surface area contributed by atoms with E-state index in [4.69, 9.17) is 14.2 Å². The third-order valence-electron chi connectivity index (χ3n) is 13.4. The van der Waals surface area contributed by atoms with Crippen molar-refractivity contribution in [1.29, 1.82) is 0 Å². The molecule has 420 valence electrons. The van der Waals surface area contributed by atoms with Crippen LogP contribution in [0.15, 0.2) is 85.1 Å². The second kappa shape index (κ2) is 61.1. The van der Waals surface area contributed by atoms with Gasteiger partial charge in [-0.05, 0) is 96.3 Å². The van der Waals surface area contributed by atoms with Crippen molar-refractivity contribution in [2.45, 2.75) is 309 Å². The number of ether oxygens (including phenoxy) is 3. The number of allylic oxidation sites excluding steroid dienone is 14. The zero-order valence-electron chi connectivity index (χ0n) is 48.1. The monoisotopic (exact) mass is 1020 g/mol. The summed E-state index contributed by atoms with van der Waals surface area (Å²) in [4.78, 5) is 37.9. The SMILES string of the molecule is CC/C=C\C/C=C\C/C=C\C/C=C\CCCCCCCCCCCCCCC(=O)OCC(COC(=O)CCCCCCC)OC(=O)CCCCCCCCCCCC/C=C\C/C=C\C/C=C\CCCCCCC. The molecule has 0 aliphatic carbocycles. The topological polar surface area (TPSA) is 78.9 Å². The number of carbonyl (C=O) groups is 3. The van der Waals surface area contributed by atoms with E-state index in [1.807, 2.05) is 0 Å². The van der Waals surface area contributed by atoms with Crippen LogP contribution in [0.1, 0.15) is 303 Å². The number of hydrogen-bond donors (Lipinski definition) is 0. The van der Waals surface area contributed by atoms with Gasteiger partial charge in [-0.3, -0.25) is 14.4 Å². The average molecular weight is 1020 g/mol. The molecule has 0 bridgehead atoms. The minimum atomic E-state index is -0.776. The van der Waals surface area contributed by atoms with Gasteiger partial charge in [-0.2, -0.15) is 0 Å². The van der Waals surface area contributed by atoms with Gasteiger partial charge in [0.05, 0.1) is 0 Å². The summed E-state index contributed by atoms with van der Waals surface area (Å²) in [5.74, 6) is -0.889. The van der Waals surface area contributed by atoms with E-state index in [2.05, 4.69) is 106 Å². The molecule has 0 saturated carbocycles. The van der Waals surface area contributed by atoms with Gasteiger partial charge in [0.25, 0.3) is 0 Å². The van der Waals surface area contributed by atoms with Crippen LogP contribution < -0.4 is 0 Å². The lowest BCUT2D eigenvalue weighted by Gasteiger charge is -2.18. The Hall–Kier alpha value is -3.41. The van der Waals surface area contributed by atoms with E-state index in [-0.39, 0.29) is 31.1 Å².